The monoisotopic (exact) mass is 543 g/mol. The van der Waals surface area contributed by atoms with Gasteiger partial charge >= 0.3 is 6.09 Å². The zero-order valence-corrected chi connectivity index (χ0v) is 22.9. The van der Waals surface area contributed by atoms with E-state index < -0.39 is 5.60 Å². The lowest BCUT2D eigenvalue weighted by Crippen LogP contribution is -2.50. The number of halogens is 2. The SMILES string of the molecule is CNCc1cc(Oc2ccc(N3CCN(C(=O)OC(C)(C)C)CC3)nc2)nc(-c2cc(Cl)cc(Cl)c2)c1. The van der Waals surface area contributed by atoms with E-state index in [1.54, 1.807) is 17.2 Å². The lowest BCUT2D eigenvalue weighted by Gasteiger charge is -2.36. The molecule has 1 N–H and O–H groups in total. The lowest BCUT2D eigenvalue weighted by molar-refractivity contribution is 0.0240. The van der Waals surface area contributed by atoms with Gasteiger partial charge in [-0.3, -0.25) is 0 Å². The molecular weight excluding hydrogens is 513 g/mol. The molecule has 8 nitrogen and oxygen atoms in total. The fourth-order valence-electron chi connectivity index (χ4n) is 3.95. The Morgan fingerprint density at radius 1 is 1.03 bits per heavy atom. The van der Waals surface area contributed by atoms with Crippen LogP contribution in [0.25, 0.3) is 11.3 Å². The molecule has 0 spiro atoms. The van der Waals surface area contributed by atoms with Crippen LogP contribution in [0.1, 0.15) is 26.3 Å². The average molecular weight is 544 g/mol. The van der Waals surface area contributed by atoms with E-state index in [-0.39, 0.29) is 6.09 Å². The van der Waals surface area contributed by atoms with Crippen LogP contribution in [0, 0.1) is 0 Å². The summed E-state index contributed by atoms with van der Waals surface area (Å²) >= 11 is 12.4. The number of ether oxygens (including phenoxy) is 2. The second-order valence-electron chi connectivity index (χ2n) is 9.80. The molecule has 1 aromatic carbocycles. The molecule has 1 aliphatic rings. The Hall–Kier alpha value is -3.07. The summed E-state index contributed by atoms with van der Waals surface area (Å²) in [6.45, 7) is 8.75. The van der Waals surface area contributed by atoms with Gasteiger partial charge in [0.25, 0.3) is 0 Å². The molecule has 2 aromatic heterocycles. The number of nitrogens with one attached hydrogen (secondary N) is 1. The van der Waals surface area contributed by atoms with Crippen molar-refractivity contribution in [3.05, 3.63) is 64.3 Å². The largest absolute Gasteiger partial charge is 0.444 e. The summed E-state index contributed by atoms with van der Waals surface area (Å²) in [5.74, 6) is 1.84. The molecule has 10 heteroatoms. The zero-order chi connectivity index (χ0) is 26.6. The van der Waals surface area contributed by atoms with Crippen molar-refractivity contribution in [2.45, 2.75) is 32.9 Å². The van der Waals surface area contributed by atoms with E-state index in [0.717, 1.165) is 16.9 Å². The third-order valence-corrected chi connectivity index (χ3v) is 6.04. The minimum absolute atomic E-state index is 0.281. The summed E-state index contributed by atoms with van der Waals surface area (Å²) in [4.78, 5) is 25.4. The van der Waals surface area contributed by atoms with Crippen LogP contribution < -0.4 is 15.0 Å². The summed E-state index contributed by atoms with van der Waals surface area (Å²) in [6, 6.07) is 13.0. The van der Waals surface area contributed by atoms with E-state index in [2.05, 4.69) is 20.2 Å². The summed E-state index contributed by atoms with van der Waals surface area (Å²) in [5.41, 5.74) is 2.01. The van der Waals surface area contributed by atoms with Gasteiger partial charge < -0.3 is 24.6 Å². The second kappa shape index (κ2) is 11.5. The van der Waals surface area contributed by atoms with Crippen LogP contribution in [0.2, 0.25) is 10.0 Å². The lowest BCUT2D eigenvalue weighted by atomic mass is 10.1. The number of rotatable bonds is 6. The first kappa shape index (κ1) is 27.0. The van der Waals surface area contributed by atoms with Crippen LogP contribution in [0.4, 0.5) is 10.6 Å². The zero-order valence-electron chi connectivity index (χ0n) is 21.4. The summed E-state index contributed by atoms with van der Waals surface area (Å²) < 4.78 is 11.5. The molecular formula is C27H31Cl2N5O3. The molecule has 3 heterocycles. The second-order valence-corrected chi connectivity index (χ2v) is 10.7. The molecule has 1 aliphatic heterocycles. The van der Waals surface area contributed by atoms with E-state index in [0.29, 0.717) is 60.1 Å². The smallest absolute Gasteiger partial charge is 0.410 e. The molecule has 1 saturated heterocycles. The third kappa shape index (κ3) is 7.47. The van der Waals surface area contributed by atoms with Gasteiger partial charge in [-0.15, -0.1) is 0 Å². The maximum atomic E-state index is 12.3. The highest BCUT2D eigenvalue weighted by molar-refractivity contribution is 6.35. The van der Waals surface area contributed by atoms with Crippen molar-refractivity contribution in [3.63, 3.8) is 0 Å². The number of carbonyl (C=O) groups excluding carboxylic acids is 1. The molecule has 196 valence electrons. The Kier molecular flexibility index (Phi) is 8.42. The number of nitrogens with zero attached hydrogens (tertiary/aromatic N) is 4. The highest BCUT2D eigenvalue weighted by atomic mass is 35.5. The van der Waals surface area contributed by atoms with Crippen LogP contribution >= 0.6 is 23.2 Å². The predicted molar refractivity (Wildman–Crippen MR) is 147 cm³/mol. The van der Waals surface area contributed by atoms with Crippen molar-refractivity contribution in [3.8, 4) is 22.9 Å². The number of carbonyl (C=O) groups is 1. The van der Waals surface area contributed by atoms with Crippen molar-refractivity contribution in [1.82, 2.24) is 20.2 Å². The Bertz CT molecular complexity index is 1220. The molecule has 1 fully saturated rings. The molecule has 0 atom stereocenters. The molecule has 3 aromatic rings. The van der Waals surface area contributed by atoms with Crippen molar-refractivity contribution >= 4 is 35.1 Å². The maximum absolute atomic E-state index is 12.3. The van der Waals surface area contributed by atoms with Crippen LogP contribution in [0.5, 0.6) is 11.6 Å². The Labute approximate surface area is 227 Å². The molecule has 0 radical (unpaired) electrons. The molecule has 0 aliphatic carbocycles. The number of benzene rings is 1. The summed E-state index contributed by atoms with van der Waals surface area (Å²) in [5, 5.41) is 4.23. The molecule has 37 heavy (non-hydrogen) atoms. The minimum Gasteiger partial charge on any atom is -0.444 e. The van der Waals surface area contributed by atoms with E-state index >= 15 is 0 Å². The molecule has 0 unspecified atom stereocenters. The topological polar surface area (TPSA) is 79.8 Å². The van der Waals surface area contributed by atoms with Gasteiger partial charge in [-0.1, -0.05) is 23.2 Å². The van der Waals surface area contributed by atoms with Crippen LogP contribution in [0.15, 0.2) is 48.7 Å². The number of piperazine rings is 1. The first-order valence-corrected chi connectivity index (χ1v) is 12.8. The first-order chi connectivity index (χ1) is 17.6. The Morgan fingerprint density at radius 3 is 2.32 bits per heavy atom. The van der Waals surface area contributed by atoms with Crippen molar-refractivity contribution < 1.29 is 14.3 Å². The number of hydrogen-bond donors (Lipinski definition) is 1. The van der Waals surface area contributed by atoms with Crippen molar-refractivity contribution in [1.29, 1.82) is 0 Å². The van der Waals surface area contributed by atoms with Gasteiger partial charge in [0.1, 0.15) is 17.2 Å². The van der Waals surface area contributed by atoms with Gasteiger partial charge in [-0.25, -0.2) is 14.8 Å². The van der Waals surface area contributed by atoms with E-state index in [1.807, 2.05) is 64.2 Å². The summed E-state index contributed by atoms with van der Waals surface area (Å²) in [7, 11) is 1.88. The van der Waals surface area contributed by atoms with Gasteiger partial charge in [0.2, 0.25) is 5.88 Å². The fraction of sp³-hybridized carbons (Fsp3) is 0.370. The predicted octanol–water partition coefficient (Wildman–Crippen LogP) is 6.02. The minimum atomic E-state index is -0.505. The Balaban J connectivity index is 1.44. The van der Waals surface area contributed by atoms with Gasteiger partial charge in [0, 0.05) is 54.4 Å². The normalized spacial score (nSPS) is 14.0. The number of amides is 1. The highest BCUT2D eigenvalue weighted by Crippen LogP contribution is 2.30. The molecule has 1 amide bonds. The van der Waals surface area contributed by atoms with E-state index in [4.69, 9.17) is 32.7 Å². The quantitative estimate of drug-likeness (QED) is 0.407. The number of hydrogen-bond acceptors (Lipinski definition) is 7. The highest BCUT2D eigenvalue weighted by Gasteiger charge is 2.26. The van der Waals surface area contributed by atoms with Crippen LogP contribution in [0.3, 0.4) is 0 Å². The van der Waals surface area contributed by atoms with E-state index in [1.165, 1.54) is 0 Å². The molecule has 4 rings (SSSR count). The van der Waals surface area contributed by atoms with Gasteiger partial charge in [-0.2, -0.15) is 0 Å². The third-order valence-electron chi connectivity index (χ3n) is 5.60. The van der Waals surface area contributed by atoms with Crippen LogP contribution in [-0.2, 0) is 11.3 Å². The Morgan fingerprint density at radius 2 is 1.73 bits per heavy atom. The standard InChI is InChI=1S/C27H31Cl2N5O3/c1-27(2,3)37-26(35)34-9-7-33(8-10-34)24-6-5-22(17-31-24)36-25-12-18(16-30-4)11-23(32-25)19-13-20(28)15-21(29)14-19/h5-6,11-15,17,30H,7-10,16H2,1-4H3. The van der Waals surface area contributed by atoms with Crippen molar-refractivity contribution in [2.75, 3.05) is 38.1 Å². The maximum Gasteiger partial charge on any atom is 0.410 e. The van der Waals surface area contributed by atoms with Crippen molar-refractivity contribution in [2.24, 2.45) is 0 Å². The van der Waals surface area contributed by atoms with Gasteiger partial charge in [0.05, 0.1) is 11.9 Å². The van der Waals surface area contributed by atoms with Gasteiger partial charge in [0.15, 0.2) is 0 Å². The molecule has 0 saturated carbocycles. The number of anilines is 1. The number of pyridine rings is 2. The average Bonchev–Trinajstić information content (AvgIpc) is 2.83. The van der Waals surface area contributed by atoms with Crippen LogP contribution in [-0.4, -0.2) is 59.8 Å². The van der Waals surface area contributed by atoms with E-state index in [9.17, 15) is 4.79 Å². The number of aromatic nitrogens is 2. The fourth-order valence-corrected chi connectivity index (χ4v) is 4.48. The molecule has 0 bridgehead atoms. The summed E-state index contributed by atoms with van der Waals surface area (Å²) in [6.07, 6.45) is 1.40. The first-order valence-electron chi connectivity index (χ1n) is 12.1. The van der Waals surface area contributed by atoms with Gasteiger partial charge in [-0.05, 0) is 69.8 Å².